The van der Waals surface area contributed by atoms with Crippen molar-refractivity contribution in [3.05, 3.63) is 65.2 Å². The van der Waals surface area contributed by atoms with E-state index in [9.17, 15) is 22.8 Å². The molecule has 0 unspecified atom stereocenters. The van der Waals surface area contributed by atoms with E-state index in [0.717, 1.165) is 11.1 Å². The van der Waals surface area contributed by atoms with E-state index in [0.29, 0.717) is 5.56 Å². The molecule has 2 aromatic carbocycles. The Hall–Kier alpha value is -2.63. The molecule has 0 atom stereocenters. The monoisotopic (exact) mass is 350 g/mol. The molecule has 132 valence electrons. The first kappa shape index (κ1) is 18.7. The summed E-state index contributed by atoms with van der Waals surface area (Å²) in [4.78, 5) is 22.2. The zero-order valence-corrected chi connectivity index (χ0v) is 14.0. The molecule has 6 heteroatoms. The van der Waals surface area contributed by atoms with E-state index in [1.54, 1.807) is 24.3 Å². The third kappa shape index (κ3) is 4.26. The van der Waals surface area contributed by atoms with Gasteiger partial charge in [0.25, 0.3) is 0 Å². The van der Waals surface area contributed by atoms with Crippen LogP contribution in [0.1, 0.15) is 42.3 Å². The fraction of sp³-hybridized carbons (Fsp3) is 0.263. The van der Waals surface area contributed by atoms with Crippen LogP contribution >= 0.6 is 0 Å². The second-order valence-electron chi connectivity index (χ2n) is 6.17. The van der Waals surface area contributed by atoms with E-state index < -0.39 is 17.6 Å². The zero-order valence-electron chi connectivity index (χ0n) is 14.0. The van der Waals surface area contributed by atoms with E-state index in [1.165, 1.54) is 19.1 Å². The van der Waals surface area contributed by atoms with Crippen LogP contribution in [-0.4, -0.2) is 17.9 Å². The molecule has 0 amide bonds. The molecule has 25 heavy (non-hydrogen) atoms. The normalized spacial score (nSPS) is 11.9. The lowest BCUT2D eigenvalue weighted by atomic mass is 9.78. The van der Waals surface area contributed by atoms with E-state index in [2.05, 4.69) is 4.74 Å². The molecule has 0 aliphatic carbocycles. The second-order valence-corrected chi connectivity index (χ2v) is 6.17. The van der Waals surface area contributed by atoms with E-state index in [-0.39, 0.29) is 11.5 Å². The molecule has 2 rings (SSSR count). The molecule has 0 aromatic heterocycles. The van der Waals surface area contributed by atoms with Crippen LogP contribution in [0.5, 0.6) is 5.75 Å². The van der Waals surface area contributed by atoms with Crippen LogP contribution in [0.4, 0.5) is 13.2 Å². The summed E-state index contributed by atoms with van der Waals surface area (Å²) >= 11 is 0. The summed E-state index contributed by atoms with van der Waals surface area (Å²) in [6, 6.07) is 13.0. The predicted octanol–water partition coefficient (Wildman–Crippen LogP) is 4.68. The van der Waals surface area contributed by atoms with Gasteiger partial charge in [0.1, 0.15) is 5.75 Å². The Labute approximate surface area is 143 Å². The molecule has 0 spiro atoms. The topological polar surface area (TPSA) is 43.4 Å². The second kappa shape index (κ2) is 6.70. The highest BCUT2D eigenvalue weighted by molar-refractivity contribution is 5.94. The van der Waals surface area contributed by atoms with Gasteiger partial charge in [-0.25, -0.2) is 4.79 Å². The van der Waals surface area contributed by atoms with Crippen LogP contribution in [0, 0.1) is 0 Å². The van der Waals surface area contributed by atoms with Gasteiger partial charge < -0.3 is 4.74 Å². The molecule has 0 heterocycles. The Morgan fingerprint density at radius 2 is 1.28 bits per heavy atom. The van der Waals surface area contributed by atoms with Crippen LogP contribution in [0.15, 0.2) is 48.5 Å². The summed E-state index contributed by atoms with van der Waals surface area (Å²) in [5.74, 6) is -2.45. The van der Waals surface area contributed by atoms with E-state index in [4.69, 9.17) is 0 Å². The molecule has 0 saturated carbocycles. The van der Waals surface area contributed by atoms with Crippen molar-refractivity contribution in [1.82, 2.24) is 0 Å². The van der Waals surface area contributed by atoms with Gasteiger partial charge in [0, 0.05) is 11.0 Å². The van der Waals surface area contributed by atoms with Gasteiger partial charge in [-0.3, -0.25) is 4.79 Å². The summed E-state index contributed by atoms with van der Waals surface area (Å²) in [5, 5.41) is 0. The van der Waals surface area contributed by atoms with Crippen LogP contribution in [0.25, 0.3) is 0 Å². The fourth-order valence-corrected chi connectivity index (χ4v) is 2.39. The van der Waals surface area contributed by atoms with Crippen LogP contribution in [0.3, 0.4) is 0 Å². The molecule has 2 aromatic rings. The highest BCUT2D eigenvalue weighted by atomic mass is 19.4. The highest BCUT2D eigenvalue weighted by Gasteiger charge is 2.41. The van der Waals surface area contributed by atoms with Crippen molar-refractivity contribution in [3.63, 3.8) is 0 Å². The molecule has 3 nitrogen and oxygen atoms in total. The molecule has 0 bridgehead atoms. The number of esters is 1. The Kier molecular flexibility index (Phi) is 5.02. The lowest BCUT2D eigenvalue weighted by Crippen LogP contribution is -2.28. The molecule has 0 saturated heterocycles. The Morgan fingerprint density at radius 3 is 1.68 bits per heavy atom. The number of hydrogen-bond acceptors (Lipinski definition) is 3. The Bertz CT molecular complexity index is 773. The summed E-state index contributed by atoms with van der Waals surface area (Å²) in [6.07, 6.45) is -5.03. The van der Waals surface area contributed by atoms with Crippen LogP contribution in [0.2, 0.25) is 0 Å². The van der Waals surface area contributed by atoms with Gasteiger partial charge in [-0.2, -0.15) is 13.2 Å². The smallest absolute Gasteiger partial charge is 0.420 e. The minimum atomic E-state index is -5.03. The molecule has 0 fully saturated rings. The van der Waals surface area contributed by atoms with Crippen molar-refractivity contribution < 1.29 is 27.5 Å². The van der Waals surface area contributed by atoms with Crippen molar-refractivity contribution in [2.45, 2.75) is 32.4 Å². The summed E-state index contributed by atoms with van der Waals surface area (Å²) < 4.78 is 40.9. The van der Waals surface area contributed by atoms with Crippen LogP contribution in [-0.2, 0) is 10.2 Å². The molecular weight excluding hydrogens is 333 g/mol. The Morgan fingerprint density at radius 1 is 0.840 bits per heavy atom. The molecular formula is C19H17F3O3. The minimum Gasteiger partial charge on any atom is -0.420 e. The zero-order chi connectivity index (χ0) is 18.8. The molecule has 0 aliphatic heterocycles. The lowest BCUT2D eigenvalue weighted by molar-refractivity contribution is -0.189. The van der Waals surface area contributed by atoms with Crippen molar-refractivity contribution in [2.24, 2.45) is 0 Å². The predicted molar refractivity (Wildman–Crippen MR) is 86.7 cm³/mol. The number of carbonyl (C=O) groups is 2. The quantitative estimate of drug-likeness (QED) is 0.457. The van der Waals surface area contributed by atoms with E-state index >= 15 is 0 Å². The number of hydrogen-bond donors (Lipinski definition) is 0. The first-order chi connectivity index (χ1) is 11.5. The van der Waals surface area contributed by atoms with Gasteiger partial charge in [0.15, 0.2) is 5.78 Å². The first-order valence-corrected chi connectivity index (χ1v) is 7.53. The SMILES string of the molecule is CC(=O)c1ccc(C(C)(C)c2ccc(OC(=O)C(F)(F)F)cc2)cc1. The number of ketones is 1. The maximum absolute atomic E-state index is 12.2. The van der Waals surface area contributed by atoms with Gasteiger partial charge in [-0.15, -0.1) is 0 Å². The average Bonchev–Trinajstić information content (AvgIpc) is 2.54. The third-order valence-electron chi connectivity index (χ3n) is 4.03. The van der Waals surface area contributed by atoms with Gasteiger partial charge in [0.05, 0.1) is 0 Å². The maximum Gasteiger partial charge on any atom is 0.491 e. The Balaban J connectivity index is 2.22. The van der Waals surface area contributed by atoms with Crippen molar-refractivity contribution in [1.29, 1.82) is 0 Å². The van der Waals surface area contributed by atoms with Crippen LogP contribution < -0.4 is 4.74 Å². The number of carbonyl (C=O) groups excluding carboxylic acids is 2. The summed E-state index contributed by atoms with van der Waals surface area (Å²) in [6.45, 7) is 5.39. The molecule has 0 radical (unpaired) electrons. The summed E-state index contributed by atoms with van der Waals surface area (Å²) in [5.41, 5.74) is 1.93. The number of ether oxygens (including phenoxy) is 1. The van der Waals surface area contributed by atoms with Gasteiger partial charge in [0.2, 0.25) is 0 Å². The fourth-order valence-electron chi connectivity index (χ4n) is 2.39. The lowest BCUT2D eigenvalue weighted by Gasteiger charge is -2.26. The maximum atomic E-state index is 12.2. The van der Waals surface area contributed by atoms with Crippen molar-refractivity contribution >= 4 is 11.8 Å². The number of rotatable bonds is 4. The van der Waals surface area contributed by atoms with Crippen molar-refractivity contribution in [3.8, 4) is 5.75 Å². The van der Waals surface area contributed by atoms with E-state index in [1.807, 2.05) is 26.0 Å². The largest absolute Gasteiger partial charge is 0.491 e. The van der Waals surface area contributed by atoms with Crippen molar-refractivity contribution in [2.75, 3.05) is 0 Å². The standard InChI is InChI=1S/C19H17F3O3/c1-12(23)13-4-6-14(7-5-13)18(2,3)15-8-10-16(11-9-15)25-17(24)19(20,21)22/h4-11H,1-3H3. The highest BCUT2D eigenvalue weighted by Crippen LogP contribution is 2.33. The van der Waals surface area contributed by atoms with Gasteiger partial charge >= 0.3 is 12.1 Å². The van der Waals surface area contributed by atoms with Gasteiger partial charge in [-0.1, -0.05) is 50.2 Å². The first-order valence-electron chi connectivity index (χ1n) is 7.53. The average molecular weight is 350 g/mol. The number of benzene rings is 2. The molecule has 0 N–H and O–H groups in total. The number of halogens is 3. The van der Waals surface area contributed by atoms with Gasteiger partial charge in [-0.05, 0) is 30.2 Å². The molecule has 0 aliphatic rings. The number of alkyl halides is 3. The minimum absolute atomic E-state index is 0.0276. The number of Topliss-reactive ketones (excluding diaryl/α,β-unsaturated/α-hetero) is 1. The third-order valence-corrected chi connectivity index (χ3v) is 4.03. The summed E-state index contributed by atoms with van der Waals surface area (Å²) in [7, 11) is 0.